The molecule has 0 unspecified atom stereocenters. The fraction of sp³-hybridized carbons (Fsp3) is 0.667. The van der Waals surface area contributed by atoms with E-state index in [4.69, 9.17) is 0 Å². The maximum Gasteiger partial charge on any atom is 0.330 e. The minimum Gasteiger partial charge on any atom is -0.367 e. The van der Waals surface area contributed by atoms with E-state index in [2.05, 4.69) is 25.8 Å². The molecule has 0 aliphatic rings. The highest BCUT2D eigenvalue weighted by Gasteiger charge is 2.41. The summed E-state index contributed by atoms with van der Waals surface area (Å²) in [5.74, 6) is -4.74. The van der Waals surface area contributed by atoms with E-state index in [1.807, 2.05) is 6.92 Å². The van der Waals surface area contributed by atoms with Gasteiger partial charge < -0.3 is 4.74 Å². The van der Waals surface area contributed by atoms with Crippen LogP contribution < -0.4 is 0 Å². The summed E-state index contributed by atoms with van der Waals surface area (Å²) in [4.78, 5) is 11.7. The van der Waals surface area contributed by atoms with Crippen molar-refractivity contribution in [3.8, 4) is 0 Å². The Hall–Kier alpha value is -0.960. The van der Waals surface area contributed by atoms with Crippen LogP contribution in [0.25, 0.3) is 0 Å². The molecular formula is C12H15BrF4N2O2. The number of aryl methyl sites for hydroxylation is 2. The summed E-state index contributed by atoms with van der Waals surface area (Å²) in [6.45, 7) is 2.00. The van der Waals surface area contributed by atoms with Crippen molar-refractivity contribution in [2.75, 3.05) is 13.2 Å². The Bertz CT molecular complexity index is 506. The number of nitrogens with zero attached hydrogens (tertiary/aromatic N) is 2. The number of alkyl halides is 4. The number of Topliss-reactive ketones (excluding diaryl/α,β-unsaturated/α-hetero) is 1. The van der Waals surface area contributed by atoms with Crippen molar-refractivity contribution in [1.29, 1.82) is 0 Å². The molecule has 0 N–H and O–H groups in total. The molecule has 0 atom stereocenters. The van der Waals surface area contributed by atoms with Gasteiger partial charge in [-0.2, -0.15) is 13.9 Å². The first kappa shape index (κ1) is 18.1. The van der Waals surface area contributed by atoms with Crippen LogP contribution in [0.4, 0.5) is 17.6 Å². The van der Waals surface area contributed by atoms with E-state index in [-0.39, 0.29) is 6.42 Å². The Labute approximate surface area is 127 Å². The van der Waals surface area contributed by atoms with Gasteiger partial charge in [0.2, 0.25) is 0 Å². The van der Waals surface area contributed by atoms with Crippen LogP contribution in [0.3, 0.4) is 0 Å². The van der Waals surface area contributed by atoms with Gasteiger partial charge in [-0.25, -0.2) is 8.78 Å². The molecule has 0 spiro atoms. The van der Waals surface area contributed by atoms with Gasteiger partial charge in [0.05, 0.1) is 22.3 Å². The number of ether oxygens (including phenoxy) is 1. The standard InChI is InChI=1S/C12H15BrF4N2O2/c1-3-19-9(10(13)7(2)18-19)4-8(20)5-21-6-12(16,17)11(14)15/h11H,3-6H2,1-2H3. The van der Waals surface area contributed by atoms with Crippen molar-refractivity contribution in [2.45, 2.75) is 39.2 Å². The van der Waals surface area contributed by atoms with Crippen LogP contribution in [0.5, 0.6) is 0 Å². The van der Waals surface area contributed by atoms with Crippen LogP contribution in [-0.4, -0.2) is 41.1 Å². The Morgan fingerprint density at radius 1 is 1.48 bits per heavy atom. The van der Waals surface area contributed by atoms with Crippen LogP contribution >= 0.6 is 15.9 Å². The number of carbonyl (C=O) groups excluding carboxylic acids is 1. The van der Waals surface area contributed by atoms with Crippen molar-refractivity contribution >= 4 is 21.7 Å². The molecule has 0 saturated carbocycles. The second-order valence-electron chi connectivity index (χ2n) is 4.43. The first-order valence-electron chi connectivity index (χ1n) is 6.16. The largest absolute Gasteiger partial charge is 0.367 e. The Morgan fingerprint density at radius 3 is 2.62 bits per heavy atom. The van der Waals surface area contributed by atoms with Gasteiger partial charge in [0.1, 0.15) is 13.2 Å². The maximum atomic E-state index is 12.6. The van der Waals surface area contributed by atoms with Crippen molar-refractivity contribution in [1.82, 2.24) is 9.78 Å². The molecule has 4 nitrogen and oxygen atoms in total. The van der Waals surface area contributed by atoms with E-state index in [0.29, 0.717) is 22.4 Å². The molecule has 9 heteroatoms. The third-order valence-electron chi connectivity index (χ3n) is 2.69. The van der Waals surface area contributed by atoms with Crippen molar-refractivity contribution in [3.05, 3.63) is 15.9 Å². The average molecular weight is 375 g/mol. The summed E-state index contributed by atoms with van der Waals surface area (Å²) in [6.07, 6.45) is -3.89. The fourth-order valence-electron chi connectivity index (χ4n) is 1.64. The normalized spacial score (nSPS) is 12.2. The molecule has 0 aliphatic carbocycles. The van der Waals surface area contributed by atoms with Gasteiger partial charge in [0.15, 0.2) is 5.78 Å². The zero-order valence-corrected chi connectivity index (χ0v) is 13.1. The van der Waals surface area contributed by atoms with Gasteiger partial charge in [-0.3, -0.25) is 9.48 Å². The summed E-state index contributed by atoms with van der Waals surface area (Å²) in [7, 11) is 0. The van der Waals surface area contributed by atoms with Crippen LogP contribution in [0.2, 0.25) is 0 Å². The molecule has 0 amide bonds. The molecule has 0 saturated heterocycles. The number of rotatable bonds is 8. The summed E-state index contributed by atoms with van der Waals surface area (Å²) < 4.78 is 55.7. The fourth-order valence-corrected chi connectivity index (χ4v) is 2.06. The van der Waals surface area contributed by atoms with E-state index in [1.165, 1.54) is 0 Å². The number of aromatic nitrogens is 2. The quantitative estimate of drug-likeness (QED) is 0.657. The van der Waals surface area contributed by atoms with Crippen molar-refractivity contribution in [3.63, 3.8) is 0 Å². The lowest BCUT2D eigenvalue weighted by molar-refractivity contribution is -0.168. The summed E-state index contributed by atoms with van der Waals surface area (Å²) in [5, 5.41) is 4.18. The van der Waals surface area contributed by atoms with Crippen LogP contribution in [0.15, 0.2) is 4.47 Å². The average Bonchev–Trinajstić information content (AvgIpc) is 2.66. The second-order valence-corrected chi connectivity index (χ2v) is 5.22. The van der Waals surface area contributed by atoms with E-state index in [9.17, 15) is 22.4 Å². The van der Waals surface area contributed by atoms with Gasteiger partial charge in [-0.1, -0.05) is 0 Å². The Balaban J connectivity index is 2.56. The lowest BCUT2D eigenvalue weighted by Gasteiger charge is -2.14. The smallest absolute Gasteiger partial charge is 0.330 e. The molecule has 1 heterocycles. The molecule has 0 radical (unpaired) electrons. The maximum absolute atomic E-state index is 12.6. The summed E-state index contributed by atoms with van der Waals surface area (Å²) in [5.41, 5.74) is 1.30. The lowest BCUT2D eigenvalue weighted by Crippen LogP contribution is -2.33. The van der Waals surface area contributed by atoms with Crippen molar-refractivity contribution in [2.24, 2.45) is 0 Å². The molecular weight excluding hydrogens is 360 g/mol. The summed E-state index contributed by atoms with van der Waals surface area (Å²) >= 11 is 3.29. The van der Waals surface area contributed by atoms with Gasteiger partial charge in [-0.15, -0.1) is 0 Å². The molecule has 1 rings (SSSR count). The molecule has 120 valence electrons. The van der Waals surface area contributed by atoms with Crippen LogP contribution in [0, 0.1) is 6.92 Å². The topological polar surface area (TPSA) is 44.1 Å². The third-order valence-corrected chi connectivity index (χ3v) is 3.73. The number of ketones is 1. The monoisotopic (exact) mass is 374 g/mol. The first-order chi connectivity index (χ1) is 9.69. The van der Waals surface area contributed by atoms with Gasteiger partial charge >= 0.3 is 12.3 Å². The molecule has 1 aromatic rings. The number of carbonyl (C=O) groups is 1. The molecule has 0 aromatic carbocycles. The highest BCUT2D eigenvalue weighted by molar-refractivity contribution is 9.10. The highest BCUT2D eigenvalue weighted by atomic mass is 79.9. The molecule has 0 bridgehead atoms. The first-order valence-corrected chi connectivity index (χ1v) is 6.95. The SMILES string of the molecule is CCn1nc(C)c(Br)c1CC(=O)COCC(F)(F)C(F)F. The van der Waals surface area contributed by atoms with E-state index in [1.54, 1.807) is 11.6 Å². The Kier molecular flexibility index (Phi) is 6.33. The Morgan fingerprint density at radius 2 is 2.10 bits per heavy atom. The van der Waals surface area contributed by atoms with Crippen molar-refractivity contribution < 1.29 is 27.1 Å². The predicted octanol–water partition coefficient (Wildman–Crippen LogP) is 3.00. The third kappa shape index (κ3) is 4.77. The molecule has 1 aromatic heterocycles. The minimum absolute atomic E-state index is 0.0739. The number of halogens is 5. The zero-order valence-electron chi connectivity index (χ0n) is 11.5. The minimum atomic E-state index is -4.25. The lowest BCUT2D eigenvalue weighted by atomic mass is 10.2. The highest BCUT2D eigenvalue weighted by Crippen LogP contribution is 2.23. The van der Waals surface area contributed by atoms with E-state index < -0.39 is 31.3 Å². The van der Waals surface area contributed by atoms with Gasteiger partial charge in [0, 0.05) is 6.54 Å². The van der Waals surface area contributed by atoms with Crippen LogP contribution in [-0.2, 0) is 22.5 Å². The number of hydrogen-bond donors (Lipinski definition) is 0. The molecule has 21 heavy (non-hydrogen) atoms. The van der Waals surface area contributed by atoms with Crippen LogP contribution in [0.1, 0.15) is 18.3 Å². The molecule has 0 fully saturated rings. The van der Waals surface area contributed by atoms with E-state index in [0.717, 1.165) is 0 Å². The number of hydrogen-bond acceptors (Lipinski definition) is 3. The van der Waals surface area contributed by atoms with Gasteiger partial charge in [-0.05, 0) is 29.8 Å². The molecule has 0 aliphatic heterocycles. The zero-order chi connectivity index (χ0) is 16.2. The van der Waals surface area contributed by atoms with E-state index >= 15 is 0 Å². The summed E-state index contributed by atoms with van der Waals surface area (Å²) in [6, 6.07) is 0. The second kappa shape index (κ2) is 7.35. The predicted molar refractivity (Wildman–Crippen MR) is 70.8 cm³/mol. The van der Waals surface area contributed by atoms with Gasteiger partial charge in [0.25, 0.3) is 0 Å².